The molecule has 0 spiro atoms. The van der Waals surface area contributed by atoms with Gasteiger partial charge in [0.25, 0.3) is 0 Å². The van der Waals surface area contributed by atoms with Crippen LogP contribution in [0.3, 0.4) is 0 Å². The zero-order chi connectivity index (χ0) is 13.7. The van der Waals surface area contributed by atoms with Crippen molar-refractivity contribution >= 4 is 11.6 Å². The summed E-state index contributed by atoms with van der Waals surface area (Å²) in [7, 11) is 0. The average Bonchev–Trinajstić information content (AvgIpc) is 2.41. The summed E-state index contributed by atoms with van der Waals surface area (Å²) in [5.74, 6) is 0.0969. The maximum Gasteiger partial charge on any atom is 0.228 e. The van der Waals surface area contributed by atoms with Crippen LogP contribution in [0.1, 0.15) is 11.1 Å². The number of benzene rings is 2. The lowest BCUT2D eigenvalue weighted by molar-refractivity contribution is -0.115. The van der Waals surface area contributed by atoms with Crippen molar-refractivity contribution in [2.45, 2.75) is 13.0 Å². The fourth-order valence-corrected chi connectivity index (χ4v) is 1.78. The van der Waals surface area contributed by atoms with Crippen LogP contribution in [0.25, 0.3) is 0 Å². The smallest absolute Gasteiger partial charge is 0.228 e. The highest BCUT2D eigenvalue weighted by Gasteiger charge is 2.04. The van der Waals surface area contributed by atoms with Gasteiger partial charge in [-0.1, -0.05) is 24.3 Å². The molecule has 0 unspecified atom stereocenters. The van der Waals surface area contributed by atoms with Gasteiger partial charge in [0.05, 0.1) is 6.42 Å². The number of hydrogen-bond donors (Lipinski definition) is 3. The molecule has 2 aromatic rings. The van der Waals surface area contributed by atoms with Crippen LogP contribution in [0, 0.1) is 0 Å². The van der Waals surface area contributed by atoms with Crippen LogP contribution in [0.15, 0.2) is 48.5 Å². The van der Waals surface area contributed by atoms with Gasteiger partial charge in [0, 0.05) is 12.2 Å². The predicted molar refractivity (Wildman–Crippen MR) is 74.8 cm³/mol. The number of carbonyl (C=O) groups is 1. The number of phenols is 1. The summed E-state index contributed by atoms with van der Waals surface area (Å²) >= 11 is 0. The molecular weight excluding hydrogens is 240 g/mol. The number of aromatic hydroxyl groups is 1. The molecule has 0 saturated heterocycles. The number of carbonyl (C=O) groups excluding carboxylic acids is 1. The third kappa shape index (κ3) is 3.82. The first-order valence-electron chi connectivity index (χ1n) is 6.04. The highest BCUT2D eigenvalue weighted by molar-refractivity contribution is 5.92. The number of hydrogen-bond acceptors (Lipinski definition) is 3. The first kappa shape index (κ1) is 13.1. The Labute approximate surface area is 111 Å². The van der Waals surface area contributed by atoms with Gasteiger partial charge in [-0.2, -0.15) is 0 Å². The number of nitrogens with one attached hydrogen (secondary N) is 1. The minimum Gasteiger partial charge on any atom is -0.508 e. The van der Waals surface area contributed by atoms with Gasteiger partial charge in [-0.3, -0.25) is 4.79 Å². The van der Waals surface area contributed by atoms with Gasteiger partial charge in [0.1, 0.15) is 5.75 Å². The van der Waals surface area contributed by atoms with E-state index in [0.29, 0.717) is 6.54 Å². The van der Waals surface area contributed by atoms with Crippen LogP contribution in [0.4, 0.5) is 5.69 Å². The SMILES string of the molecule is NCc1cccc(NC(=O)Cc2ccc(O)cc2)c1. The second-order valence-electron chi connectivity index (χ2n) is 4.30. The molecule has 4 N–H and O–H groups in total. The summed E-state index contributed by atoms with van der Waals surface area (Å²) in [5.41, 5.74) is 8.12. The molecule has 2 aromatic carbocycles. The monoisotopic (exact) mass is 256 g/mol. The Morgan fingerprint density at radius 3 is 2.53 bits per heavy atom. The van der Waals surface area contributed by atoms with Crippen molar-refractivity contribution in [1.29, 1.82) is 0 Å². The molecule has 98 valence electrons. The molecule has 0 saturated carbocycles. The summed E-state index contributed by atoms with van der Waals surface area (Å²) < 4.78 is 0. The normalized spacial score (nSPS) is 10.2. The molecule has 0 aliphatic rings. The quantitative estimate of drug-likeness (QED) is 0.783. The van der Waals surface area contributed by atoms with Crippen LogP contribution in [-0.2, 0) is 17.8 Å². The second-order valence-corrected chi connectivity index (χ2v) is 4.30. The molecule has 0 aromatic heterocycles. The van der Waals surface area contributed by atoms with E-state index in [2.05, 4.69) is 5.32 Å². The minimum absolute atomic E-state index is 0.0974. The Hall–Kier alpha value is -2.33. The number of nitrogens with two attached hydrogens (primary N) is 1. The van der Waals surface area contributed by atoms with Gasteiger partial charge in [0.2, 0.25) is 5.91 Å². The van der Waals surface area contributed by atoms with E-state index in [9.17, 15) is 9.90 Å². The Balaban J connectivity index is 1.99. The Morgan fingerprint density at radius 2 is 1.84 bits per heavy atom. The van der Waals surface area contributed by atoms with Gasteiger partial charge in [0.15, 0.2) is 0 Å². The molecule has 2 rings (SSSR count). The molecule has 4 heteroatoms. The summed E-state index contributed by atoms with van der Waals surface area (Å²) in [5, 5.41) is 12.0. The van der Waals surface area contributed by atoms with E-state index in [1.54, 1.807) is 24.3 Å². The second kappa shape index (κ2) is 6.02. The van der Waals surface area contributed by atoms with Crippen molar-refractivity contribution in [3.63, 3.8) is 0 Å². The molecule has 0 radical (unpaired) electrons. The number of anilines is 1. The van der Waals surface area contributed by atoms with Crippen molar-refractivity contribution in [2.75, 3.05) is 5.32 Å². The third-order valence-corrected chi connectivity index (χ3v) is 2.75. The molecule has 19 heavy (non-hydrogen) atoms. The number of amides is 1. The molecule has 0 aliphatic carbocycles. The van der Waals surface area contributed by atoms with E-state index in [0.717, 1.165) is 16.8 Å². The zero-order valence-electron chi connectivity index (χ0n) is 10.5. The molecule has 1 amide bonds. The molecule has 0 aliphatic heterocycles. The van der Waals surface area contributed by atoms with E-state index in [4.69, 9.17) is 5.73 Å². The molecule has 4 nitrogen and oxygen atoms in total. The van der Waals surface area contributed by atoms with Gasteiger partial charge < -0.3 is 16.2 Å². The standard InChI is InChI=1S/C15H16N2O2/c16-10-12-2-1-3-13(8-12)17-15(19)9-11-4-6-14(18)7-5-11/h1-8,18H,9-10,16H2,(H,17,19). The minimum atomic E-state index is -0.0974. The van der Waals surface area contributed by atoms with Gasteiger partial charge in [-0.05, 0) is 35.4 Å². The molecule has 0 atom stereocenters. The van der Waals surface area contributed by atoms with Crippen LogP contribution >= 0.6 is 0 Å². The Kier molecular flexibility index (Phi) is 4.15. The lowest BCUT2D eigenvalue weighted by Gasteiger charge is -2.07. The molecule has 0 bridgehead atoms. The Morgan fingerprint density at radius 1 is 1.11 bits per heavy atom. The van der Waals surface area contributed by atoms with Crippen LogP contribution < -0.4 is 11.1 Å². The summed E-state index contributed by atoms with van der Waals surface area (Å²) in [6.07, 6.45) is 0.271. The van der Waals surface area contributed by atoms with Crippen LogP contribution in [0.2, 0.25) is 0 Å². The fraction of sp³-hybridized carbons (Fsp3) is 0.133. The van der Waals surface area contributed by atoms with E-state index in [1.807, 2.05) is 24.3 Å². The van der Waals surface area contributed by atoms with Gasteiger partial charge in [-0.25, -0.2) is 0 Å². The summed E-state index contributed by atoms with van der Waals surface area (Å²) in [6, 6.07) is 14.0. The van der Waals surface area contributed by atoms with Gasteiger partial charge in [-0.15, -0.1) is 0 Å². The molecule has 0 fully saturated rings. The highest BCUT2D eigenvalue weighted by atomic mass is 16.3. The average molecular weight is 256 g/mol. The maximum atomic E-state index is 11.9. The van der Waals surface area contributed by atoms with E-state index in [1.165, 1.54) is 0 Å². The fourth-order valence-electron chi connectivity index (χ4n) is 1.78. The first-order valence-corrected chi connectivity index (χ1v) is 6.04. The van der Waals surface area contributed by atoms with Crippen molar-refractivity contribution in [2.24, 2.45) is 5.73 Å². The zero-order valence-corrected chi connectivity index (χ0v) is 10.5. The van der Waals surface area contributed by atoms with Crippen LogP contribution in [0.5, 0.6) is 5.75 Å². The highest BCUT2D eigenvalue weighted by Crippen LogP contribution is 2.13. The van der Waals surface area contributed by atoms with Crippen molar-refractivity contribution < 1.29 is 9.90 Å². The lowest BCUT2D eigenvalue weighted by atomic mass is 10.1. The van der Waals surface area contributed by atoms with Crippen LogP contribution in [-0.4, -0.2) is 11.0 Å². The number of phenolic OH excluding ortho intramolecular Hbond substituents is 1. The first-order chi connectivity index (χ1) is 9.17. The van der Waals surface area contributed by atoms with Crippen molar-refractivity contribution in [3.8, 4) is 5.75 Å². The summed E-state index contributed by atoms with van der Waals surface area (Å²) in [4.78, 5) is 11.9. The number of rotatable bonds is 4. The Bertz CT molecular complexity index is 565. The topological polar surface area (TPSA) is 75.3 Å². The van der Waals surface area contributed by atoms with E-state index in [-0.39, 0.29) is 18.1 Å². The largest absolute Gasteiger partial charge is 0.508 e. The van der Waals surface area contributed by atoms with Gasteiger partial charge >= 0.3 is 0 Å². The van der Waals surface area contributed by atoms with E-state index < -0.39 is 0 Å². The molecular formula is C15H16N2O2. The summed E-state index contributed by atoms with van der Waals surface area (Å²) in [6.45, 7) is 0.446. The molecule has 0 heterocycles. The van der Waals surface area contributed by atoms with Crippen molar-refractivity contribution in [3.05, 3.63) is 59.7 Å². The predicted octanol–water partition coefficient (Wildman–Crippen LogP) is 2.03. The third-order valence-electron chi connectivity index (χ3n) is 2.75. The lowest BCUT2D eigenvalue weighted by Crippen LogP contribution is -2.14. The van der Waals surface area contributed by atoms with E-state index >= 15 is 0 Å². The van der Waals surface area contributed by atoms with Crippen molar-refractivity contribution in [1.82, 2.24) is 0 Å². The maximum absolute atomic E-state index is 11.9.